The lowest BCUT2D eigenvalue weighted by Gasteiger charge is -2.15. The van der Waals surface area contributed by atoms with Crippen LogP contribution in [0.1, 0.15) is 15.2 Å². The molecule has 0 saturated heterocycles. The second-order valence-electron chi connectivity index (χ2n) is 4.53. The van der Waals surface area contributed by atoms with Crippen LogP contribution >= 0.6 is 22.9 Å². The minimum Gasteiger partial charge on any atom is -0.394 e. The van der Waals surface area contributed by atoms with E-state index in [0.29, 0.717) is 16.4 Å². The summed E-state index contributed by atoms with van der Waals surface area (Å²) in [5, 5.41) is 16.8. The van der Waals surface area contributed by atoms with E-state index in [4.69, 9.17) is 11.6 Å². The maximum Gasteiger partial charge on any atom is 0.262 e. The molecule has 1 unspecified atom stereocenters. The van der Waals surface area contributed by atoms with Crippen LogP contribution in [0.2, 0.25) is 5.02 Å². The van der Waals surface area contributed by atoms with E-state index in [9.17, 15) is 14.7 Å². The second kappa shape index (κ2) is 7.93. The minimum absolute atomic E-state index is 0.293. The van der Waals surface area contributed by atoms with Gasteiger partial charge in [0.25, 0.3) is 5.91 Å². The van der Waals surface area contributed by atoms with Crippen molar-refractivity contribution in [1.82, 2.24) is 10.6 Å². The van der Waals surface area contributed by atoms with Crippen LogP contribution in [0.15, 0.2) is 41.8 Å². The van der Waals surface area contributed by atoms with E-state index >= 15 is 0 Å². The lowest BCUT2D eigenvalue weighted by Crippen LogP contribution is -2.48. The first-order valence-corrected chi connectivity index (χ1v) is 7.83. The summed E-state index contributed by atoms with van der Waals surface area (Å²) in [6, 6.07) is 9.45. The van der Waals surface area contributed by atoms with Crippen molar-refractivity contribution in [3.05, 3.63) is 57.2 Å². The minimum atomic E-state index is -0.984. The van der Waals surface area contributed by atoms with Crippen molar-refractivity contribution < 1.29 is 14.7 Å². The molecule has 22 heavy (non-hydrogen) atoms. The molecule has 0 bridgehead atoms. The Bertz CT molecular complexity index is 629. The van der Waals surface area contributed by atoms with Gasteiger partial charge < -0.3 is 15.7 Å². The van der Waals surface area contributed by atoms with Gasteiger partial charge in [-0.25, -0.2) is 0 Å². The maximum atomic E-state index is 12.0. The van der Waals surface area contributed by atoms with Crippen LogP contribution in [0.4, 0.5) is 0 Å². The smallest absolute Gasteiger partial charge is 0.262 e. The second-order valence-corrected chi connectivity index (χ2v) is 5.91. The van der Waals surface area contributed by atoms with Gasteiger partial charge in [0.1, 0.15) is 6.04 Å². The summed E-state index contributed by atoms with van der Waals surface area (Å²) >= 11 is 7.06. The van der Waals surface area contributed by atoms with Crippen molar-refractivity contribution in [3.63, 3.8) is 0 Å². The zero-order valence-corrected chi connectivity index (χ0v) is 13.2. The Morgan fingerprint density at radius 1 is 1.23 bits per heavy atom. The van der Waals surface area contributed by atoms with Crippen LogP contribution in [-0.4, -0.2) is 29.6 Å². The largest absolute Gasteiger partial charge is 0.394 e. The first kappa shape index (κ1) is 16.5. The summed E-state index contributed by atoms with van der Waals surface area (Å²) in [5.74, 6) is -0.821. The third kappa shape index (κ3) is 4.56. The molecule has 7 heteroatoms. The number of hydrogen-bond acceptors (Lipinski definition) is 4. The number of rotatable bonds is 6. The highest BCUT2D eigenvalue weighted by molar-refractivity contribution is 7.12. The number of halogens is 1. The Morgan fingerprint density at radius 3 is 2.55 bits per heavy atom. The Balaban J connectivity index is 1.88. The summed E-state index contributed by atoms with van der Waals surface area (Å²) in [6.07, 6.45) is 0. The van der Waals surface area contributed by atoms with Gasteiger partial charge >= 0.3 is 0 Å². The summed E-state index contributed by atoms with van der Waals surface area (Å²) in [6.45, 7) is -0.176. The van der Waals surface area contributed by atoms with Crippen LogP contribution in [0.5, 0.6) is 0 Å². The molecule has 1 aromatic carbocycles. The zero-order valence-electron chi connectivity index (χ0n) is 11.6. The molecule has 116 valence electrons. The molecule has 0 aliphatic carbocycles. The SMILES string of the molecule is O=C(NC(CO)C(=O)NCc1ccc(Cl)cc1)c1cccs1. The van der Waals surface area contributed by atoms with E-state index in [-0.39, 0.29) is 5.91 Å². The standard InChI is InChI=1S/C15H15ClN2O3S/c16-11-5-3-10(4-6-11)8-17-14(20)12(9-19)18-15(21)13-2-1-7-22-13/h1-7,12,19H,8-9H2,(H,17,20)(H,18,21). The van der Waals surface area contributed by atoms with Gasteiger partial charge in [-0.15, -0.1) is 11.3 Å². The molecule has 0 aliphatic rings. The van der Waals surface area contributed by atoms with E-state index < -0.39 is 18.6 Å². The monoisotopic (exact) mass is 338 g/mol. The molecule has 2 rings (SSSR count). The molecule has 0 spiro atoms. The molecular formula is C15H15ClN2O3S. The first-order chi connectivity index (χ1) is 10.6. The molecule has 2 amide bonds. The van der Waals surface area contributed by atoms with Gasteiger partial charge in [-0.3, -0.25) is 9.59 Å². The normalized spacial score (nSPS) is 11.7. The number of thiophene rings is 1. The lowest BCUT2D eigenvalue weighted by atomic mass is 10.2. The molecular weight excluding hydrogens is 324 g/mol. The summed E-state index contributed by atoms with van der Waals surface area (Å²) < 4.78 is 0. The highest BCUT2D eigenvalue weighted by Gasteiger charge is 2.20. The number of amides is 2. The summed E-state index contributed by atoms with van der Waals surface area (Å²) in [4.78, 5) is 24.4. The van der Waals surface area contributed by atoms with Crippen LogP contribution < -0.4 is 10.6 Å². The number of benzene rings is 1. The fraction of sp³-hybridized carbons (Fsp3) is 0.200. The molecule has 3 N–H and O–H groups in total. The predicted octanol–water partition coefficient (Wildman–Crippen LogP) is 1.81. The molecule has 0 aliphatic heterocycles. The molecule has 2 aromatic rings. The highest BCUT2D eigenvalue weighted by atomic mass is 35.5. The van der Waals surface area contributed by atoms with Gasteiger partial charge in [0, 0.05) is 11.6 Å². The number of carbonyl (C=O) groups is 2. The van der Waals surface area contributed by atoms with Crippen LogP contribution in [-0.2, 0) is 11.3 Å². The summed E-state index contributed by atoms with van der Waals surface area (Å²) in [5.41, 5.74) is 0.874. The van der Waals surface area contributed by atoms with Crippen LogP contribution in [0.3, 0.4) is 0 Å². The Kier molecular flexibility index (Phi) is 5.94. The van der Waals surface area contributed by atoms with Gasteiger partial charge in [0.2, 0.25) is 5.91 Å². The van der Waals surface area contributed by atoms with Crippen LogP contribution in [0, 0.1) is 0 Å². The van der Waals surface area contributed by atoms with Gasteiger partial charge in [-0.2, -0.15) is 0 Å². The van der Waals surface area contributed by atoms with Crippen molar-refractivity contribution >= 4 is 34.8 Å². The molecule has 1 heterocycles. The molecule has 0 radical (unpaired) electrons. The summed E-state index contributed by atoms with van der Waals surface area (Å²) in [7, 11) is 0. The topological polar surface area (TPSA) is 78.4 Å². The molecule has 0 saturated carbocycles. The van der Waals surface area contributed by atoms with E-state index in [1.165, 1.54) is 11.3 Å². The van der Waals surface area contributed by atoms with Crippen molar-refractivity contribution in [2.24, 2.45) is 0 Å². The predicted molar refractivity (Wildman–Crippen MR) is 86.0 cm³/mol. The van der Waals surface area contributed by atoms with Crippen LogP contribution in [0.25, 0.3) is 0 Å². The average Bonchev–Trinajstić information content (AvgIpc) is 3.06. The zero-order chi connectivity index (χ0) is 15.9. The number of hydrogen-bond donors (Lipinski definition) is 3. The van der Waals surface area contributed by atoms with E-state index in [1.54, 1.807) is 41.8 Å². The van der Waals surface area contributed by atoms with E-state index in [1.807, 2.05) is 0 Å². The van der Waals surface area contributed by atoms with Gasteiger partial charge in [0.05, 0.1) is 11.5 Å². The van der Waals surface area contributed by atoms with Gasteiger partial charge in [-0.1, -0.05) is 29.8 Å². The third-order valence-electron chi connectivity index (χ3n) is 2.93. The highest BCUT2D eigenvalue weighted by Crippen LogP contribution is 2.10. The number of aliphatic hydroxyl groups excluding tert-OH is 1. The molecule has 1 atom stereocenters. The Hall–Kier alpha value is -1.89. The molecule has 1 aromatic heterocycles. The number of carbonyl (C=O) groups excluding carboxylic acids is 2. The van der Waals surface area contributed by atoms with Crippen molar-refractivity contribution in [2.75, 3.05) is 6.61 Å². The Labute approximate surface area is 136 Å². The maximum absolute atomic E-state index is 12.0. The number of nitrogens with one attached hydrogen (secondary N) is 2. The lowest BCUT2D eigenvalue weighted by molar-refractivity contribution is -0.124. The van der Waals surface area contributed by atoms with Crippen molar-refractivity contribution in [2.45, 2.75) is 12.6 Å². The van der Waals surface area contributed by atoms with Gasteiger partial charge in [-0.05, 0) is 29.1 Å². The number of aliphatic hydroxyl groups is 1. The van der Waals surface area contributed by atoms with E-state index in [2.05, 4.69) is 10.6 Å². The van der Waals surface area contributed by atoms with Gasteiger partial charge in [0.15, 0.2) is 0 Å². The molecule has 5 nitrogen and oxygen atoms in total. The third-order valence-corrected chi connectivity index (χ3v) is 4.05. The fourth-order valence-corrected chi connectivity index (χ4v) is 2.50. The quantitative estimate of drug-likeness (QED) is 0.751. The van der Waals surface area contributed by atoms with E-state index in [0.717, 1.165) is 5.56 Å². The Morgan fingerprint density at radius 2 is 1.95 bits per heavy atom. The molecule has 0 fully saturated rings. The first-order valence-electron chi connectivity index (χ1n) is 6.57. The van der Waals surface area contributed by atoms with Crippen molar-refractivity contribution in [3.8, 4) is 0 Å². The van der Waals surface area contributed by atoms with Crippen molar-refractivity contribution in [1.29, 1.82) is 0 Å². The fourth-order valence-electron chi connectivity index (χ4n) is 1.75. The average molecular weight is 339 g/mol.